The lowest BCUT2D eigenvalue weighted by atomic mass is 10.00. The van der Waals surface area contributed by atoms with Crippen molar-refractivity contribution in [3.05, 3.63) is 21.9 Å². The highest BCUT2D eigenvalue weighted by Gasteiger charge is 2.19. The van der Waals surface area contributed by atoms with Gasteiger partial charge >= 0.3 is 0 Å². The van der Waals surface area contributed by atoms with Gasteiger partial charge in [0.2, 0.25) is 0 Å². The molecule has 102 valence electrons. The molecule has 2 heterocycles. The van der Waals surface area contributed by atoms with Crippen LogP contribution in [0.4, 0.5) is 0 Å². The predicted octanol–water partition coefficient (Wildman–Crippen LogP) is 2.64. The van der Waals surface area contributed by atoms with Gasteiger partial charge in [0.05, 0.1) is 6.10 Å². The molecule has 2 unspecified atom stereocenters. The van der Waals surface area contributed by atoms with Crippen LogP contribution in [0.15, 0.2) is 12.1 Å². The second-order valence-electron chi connectivity index (χ2n) is 5.01. The monoisotopic (exact) mass is 268 g/mol. The lowest BCUT2D eigenvalue weighted by molar-refractivity contribution is 0.00528. The smallest absolute Gasteiger partial charge is 0.0590 e. The molecule has 2 atom stereocenters. The van der Waals surface area contributed by atoms with Gasteiger partial charge in [-0.1, -0.05) is 6.92 Å². The van der Waals surface area contributed by atoms with Crippen LogP contribution in [0.5, 0.6) is 0 Å². The van der Waals surface area contributed by atoms with Crippen LogP contribution in [0.3, 0.4) is 0 Å². The maximum absolute atomic E-state index is 5.78. The zero-order valence-electron chi connectivity index (χ0n) is 11.2. The van der Waals surface area contributed by atoms with E-state index in [1.165, 1.54) is 29.0 Å². The number of ether oxygens (including phenoxy) is 1. The van der Waals surface area contributed by atoms with E-state index in [-0.39, 0.29) is 0 Å². The van der Waals surface area contributed by atoms with Crippen molar-refractivity contribution in [2.24, 2.45) is 5.84 Å². The molecule has 0 radical (unpaired) electrons. The van der Waals surface area contributed by atoms with Crippen molar-refractivity contribution in [3.63, 3.8) is 0 Å². The summed E-state index contributed by atoms with van der Waals surface area (Å²) < 4.78 is 5.78. The Hall–Kier alpha value is -0.420. The Balaban J connectivity index is 1.84. The number of aryl methyl sites for hydroxylation is 1. The first-order valence-corrected chi connectivity index (χ1v) is 7.78. The molecule has 4 heteroatoms. The number of hydrogen-bond acceptors (Lipinski definition) is 4. The molecule has 1 fully saturated rings. The van der Waals surface area contributed by atoms with Gasteiger partial charge in [0.15, 0.2) is 0 Å². The number of nitrogens with two attached hydrogens (primary N) is 1. The Morgan fingerprint density at radius 2 is 2.28 bits per heavy atom. The molecule has 0 aliphatic carbocycles. The standard InChI is InChI=1S/C14H24N2OS/c1-2-13-6-7-14(18-13)10-11(16-15)9-12-5-3-4-8-17-12/h6-7,11-12,16H,2-5,8-10,15H2,1H3. The van der Waals surface area contributed by atoms with Crippen molar-refractivity contribution in [1.29, 1.82) is 0 Å². The molecule has 2 rings (SSSR count). The third kappa shape index (κ3) is 4.05. The van der Waals surface area contributed by atoms with Gasteiger partial charge in [-0.3, -0.25) is 11.3 Å². The molecule has 1 aliphatic heterocycles. The van der Waals surface area contributed by atoms with E-state index in [0.717, 1.165) is 25.9 Å². The van der Waals surface area contributed by atoms with Crippen molar-refractivity contribution < 1.29 is 4.74 Å². The van der Waals surface area contributed by atoms with E-state index in [0.29, 0.717) is 12.1 Å². The van der Waals surface area contributed by atoms with Gasteiger partial charge < -0.3 is 4.74 Å². The quantitative estimate of drug-likeness (QED) is 0.616. The van der Waals surface area contributed by atoms with E-state index in [4.69, 9.17) is 10.6 Å². The van der Waals surface area contributed by atoms with Crippen molar-refractivity contribution >= 4 is 11.3 Å². The predicted molar refractivity (Wildman–Crippen MR) is 76.7 cm³/mol. The first-order valence-electron chi connectivity index (χ1n) is 6.97. The number of rotatable bonds is 6. The van der Waals surface area contributed by atoms with Gasteiger partial charge in [-0.2, -0.15) is 0 Å². The highest BCUT2D eigenvalue weighted by Crippen LogP contribution is 2.22. The molecule has 1 aliphatic rings. The maximum atomic E-state index is 5.78. The molecule has 0 aromatic carbocycles. The molecular weight excluding hydrogens is 244 g/mol. The molecule has 1 aromatic rings. The van der Waals surface area contributed by atoms with Crippen LogP contribution in [0.1, 0.15) is 42.4 Å². The number of thiophene rings is 1. The Morgan fingerprint density at radius 1 is 1.44 bits per heavy atom. The van der Waals surface area contributed by atoms with E-state index >= 15 is 0 Å². The second-order valence-corrected chi connectivity index (χ2v) is 6.27. The highest BCUT2D eigenvalue weighted by molar-refractivity contribution is 7.11. The fourth-order valence-electron chi connectivity index (χ4n) is 2.49. The summed E-state index contributed by atoms with van der Waals surface area (Å²) in [5, 5.41) is 0. The topological polar surface area (TPSA) is 47.3 Å². The zero-order chi connectivity index (χ0) is 12.8. The van der Waals surface area contributed by atoms with Gasteiger partial charge in [0.25, 0.3) is 0 Å². The lowest BCUT2D eigenvalue weighted by Gasteiger charge is -2.26. The zero-order valence-corrected chi connectivity index (χ0v) is 12.0. The molecule has 1 saturated heterocycles. The summed E-state index contributed by atoms with van der Waals surface area (Å²) >= 11 is 1.90. The molecule has 1 aromatic heterocycles. The molecule has 0 bridgehead atoms. The van der Waals surface area contributed by atoms with Gasteiger partial charge in [-0.25, -0.2) is 0 Å². The normalized spacial score (nSPS) is 22.0. The van der Waals surface area contributed by atoms with Gasteiger partial charge in [-0.05, 0) is 50.7 Å². The van der Waals surface area contributed by atoms with Gasteiger partial charge in [0.1, 0.15) is 0 Å². The van der Waals surface area contributed by atoms with Crippen LogP contribution in [-0.4, -0.2) is 18.8 Å². The summed E-state index contributed by atoms with van der Waals surface area (Å²) in [7, 11) is 0. The first kappa shape index (κ1) is 14.0. The van der Waals surface area contributed by atoms with Crippen molar-refractivity contribution in [2.45, 2.75) is 57.6 Å². The van der Waals surface area contributed by atoms with Crippen LogP contribution in [0, 0.1) is 0 Å². The van der Waals surface area contributed by atoms with Crippen LogP contribution in [-0.2, 0) is 17.6 Å². The number of nitrogens with one attached hydrogen (secondary N) is 1. The van der Waals surface area contributed by atoms with Crippen molar-refractivity contribution in [2.75, 3.05) is 6.61 Å². The third-order valence-electron chi connectivity index (χ3n) is 3.57. The van der Waals surface area contributed by atoms with E-state index < -0.39 is 0 Å². The Morgan fingerprint density at radius 3 is 2.89 bits per heavy atom. The highest BCUT2D eigenvalue weighted by atomic mass is 32.1. The Labute approximate surface area is 114 Å². The van der Waals surface area contributed by atoms with Crippen molar-refractivity contribution in [3.8, 4) is 0 Å². The average Bonchev–Trinajstić information content (AvgIpc) is 2.87. The fourth-order valence-corrected chi connectivity index (χ4v) is 3.52. The minimum Gasteiger partial charge on any atom is -0.378 e. The lowest BCUT2D eigenvalue weighted by Crippen LogP contribution is -2.40. The minimum absolute atomic E-state index is 0.330. The summed E-state index contributed by atoms with van der Waals surface area (Å²) in [6, 6.07) is 4.79. The molecular formula is C14H24N2OS. The van der Waals surface area contributed by atoms with Gasteiger partial charge in [0, 0.05) is 22.4 Å². The summed E-state index contributed by atoms with van der Waals surface area (Å²) in [4.78, 5) is 2.88. The van der Waals surface area contributed by atoms with Crippen LogP contribution >= 0.6 is 11.3 Å². The first-order chi connectivity index (χ1) is 8.81. The summed E-state index contributed by atoms with van der Waals surface area (Å²) in [6.45, 7) is 3.12. The largest absolute Gasteiger partial charge is 0.378 e. The van der Waals surface area contributed by atoms with Crippen LogP contribution < -0.4 is 11.3 Å². The van der Waals surface area contributed by atoms with Gasteiger partial charge in [-0.15, -0.1) is 11.3 Å². The van der Waals surface area contributed by atoms with E-state index in [1.807, 2.05) is 11.3 Å². The van der Waals surface area contributed by atoms with E-state index in [9.17, 15) is 0 Å². The van der Waals surface area contributed by atoms with Crippen LogP contribution in [0.2, 0.25) is 0 Å². The Kier molecular flexibility index (Phi) is 5.63. The second kappa shape index (κ2) is 7.24. The SMILES string of the molecule is CCc1ccc(CC(CC2CCCCO2)NN)s1. The molecule has 3 N–H and O–H groups in total. The average molecular weight is 268 g/mol. The van der Waals surface area contributed by atoms with Crippen LogP contribution in [0.25, 0.3) is 0 Å². The molecule has 0 saturated carbocycles. The van der Waals surface area contributed by atoms with E-state index in [2.05, 4.69) is 24.5 Å². The summed E-state index contributed by atoms with van der Waals surface area (Å²) in [5.74, 6) is 5.68. The molecule has 0 amide bonds. The molecule has 3 nitrogen and oxygen atoms in total. The fraction of sp³-hybridized carbons (Fsp3) is 0.714. The van der Waals surface area contributed by atoms with E-state index in [1.54, 1.807) is 0 Å². The summed E-state index contributed by atoms with van der Waals surface area (Å²) in [6.07, 6.45) is 7.24. The Bertz CT molecular complexity index is 347. The summed E-state index contributed by atoms with van der Waals surface area (Å²) in [5.41, 5.74) is 2.95. The number of hydrogen-bond donors (Lipinski definition) is 2. The molecule has 18 heavy (non-hydrogen) atoms. The minimum atomic E-state index is 0.330. The van der Waals surface area contributed by atoms with Crippen molar-refractivity contribution in [1.82, 2.24) is 5.43 Å². The maximum Gasteiger partial charge on any atom is 0.0590 e. The number of hydrazine groups is 1. The third-order valence-corrected chi connectivity index (χ3v) is 4.82. The molecule has 0 spiro atoms.